The smallest absolute Gasteiger partial charge is 0.228 e. The van der Waals surface area contributed by atoms with E-state index < -0.39 is 103 Å². The fourth-order valence-electron chi connectivity index (χ4n) is 1.68. The van der Waals surface area contributed by atoms with Gasteiger partial charge in [-0.3, -0.25) is 9.69 Å². The molecule has 0 unspecified atom stereocenters. The molecular weight excluding hydrogens is 278 g/mol. The van der Waals surface area contributed by atoms with Crippen molar-refractivity contribution in [1.29, 1.82) is 0 Å². The first-order valence-corrected chi connectivity index (χ1v) is 5.89. The van der Waals surface area contributed by atoms with Crippen LogP contribution in [-0.2, 0) is 17.5 Å². The SMILES string of the molecule is [2H]c1nc(N2C(=O)C([2H])([2H])C([2H])([2H])C2([2H])[2H])c([2H])c([2H])c1-n1nc2c(c1[2H])C([2H])([2H])C([2H])([2H])N([2H])C([2H])([2H])C2([2H])[2H]. The summed E-state index contributed by atoms with van der Waals surface area (Å²) in [5, 5.41) is 3.10. The van der Waals surface area contributed by atoms with E-state index in [4.69, 9.17) is 26.1 Å². The average Bonchev–Trinajstić information content (AvgIpc) is 3.21. The van der Waals surface area contributed by atoms with Crippen LogP contribution < -0.4 is 10.2 Å². The second kappa shape index (κ2) is 5.53. The van der Waals surface area contributed by atoms with Crippen LogP contribution in [0.5, 0.6) is 0 Å². The summed E-state index contributed by atoms with van der Waals surface area (Å²) in [4.78, 5) is 16.1. The normalized spacial score (nSPS) is 47.9. The number of carbonyl (C=O) groups is 1. The Balaban J connectivity index is 2.02. The van der Waals surface area contributed by atoms with Crippen LogP contribution in [0.3, 0.4) is 0 Å². The maximum atomic E-state index is 12.7. The molecule has 6 heteroatoms. The molecule has 0 aromatic carbocycles. The lowest BCUT2D eigenvalue weighted by atomic mass is 10.2. The number of amides is 1. The molecule has 1 N–H and O–H groups in total. The van der Waals surface area contributed by atoms with Crippen LogP contribution in [0.4, 0.5) is 5.82 Å². The summed E-state index contributed by atoms with van der Waals surface area (Å²) >= 11 is 0. The van der Waals surface area contributed by atoms with Crippen LogP contribution in [0.2, 0.25) is 1.41 Å². The van der Waals surface area contributed by atoms with Crippen LogP contribution in [-0.4, -0.2) is 40.2 Å². The molecule has 114 valence electrons. The van der Waals surface area contributed by atoms with Crippen molar-refractivity contribution in [1.82, 2.24) is 20.1 Å². The highest BCUT2D eigenvalue weighted by Gasteiger charge is 2.22. The second-order valence-electron chi connectivity index (χ2n) is 3.98. The zero-order valence-corrected chi connectivity index (χ0v) is 10.6. The van der Waals surface area contributed by atoms with Gasteiger partial charge in [0.1, 0.15) is 7.23 Å². The third-order valence-electron chi connectivity index (χ3n) is 2.65. The van der Waals surface area contributed by atoms with Gasteiger partial charge < -0.3 is 5.31 Å². The number of hydrogen-bond donors (Lipinski definition) is 1. The Labute approximate surface area is 155 Å². The van der Waals surface area contributed by atoms with Crippen molar-refractivity contribution in [3.8, 4) is 5.69 Å². The number of aromatic nitrogens is 3. The van der Waals surface area contributed by atoms with E-state index in [0.29, 0.717) is 0 Å². The van der Waals surface area contributed by atoms with Crippen molar-refractivity contribution >= 4 is 11.7 Å². The first-order chi connectivity index (χ1) is 18.2. The third-order valence-corrected chi connectivity index (χ3v) is 2.65. The fourth-order valence-corrected chi connectivity index (χ4v) is 1.68. The van der Waals surface area contributed by atoms with Gasteiger partial charge in [0.15, 0.2) is 0 Å². The number of fused-ring (bicyclic) bond motifs is 1. The van der Waals surface area contributed by atoms with Crippen molar-refractivity contribution in [2.45, 2.75) is 25.5 Å². The molecule has 1 saturated heterocycles. The molecule has 0 spiro atoms. The molecule has 0 aliphatic carbocycles. The van der Waals surface area contributed by atoms with E-state index in [1.807, 2.05) is 0 Å². The first-order valence-electron chi connectivity index (χ1n) is 15.3. The van der Waals surface area contributed by atoms with Gasteiger partial charge in [0, 0.05) is 51.1 Å². The molecule has 0 atom stereocenters. The molecule has 1 amide bonds. The Morgan fingerprint density at radius 2 is 2.23 bits per heavy atom. The number of pyridine rings is 1. The van der Waals surface area contributed by atoms with E-state index in [1.54, 1.807) is 0 Å². The largest absolute Gasteiger partial charge is 0.316 e. The summed E-state index contributed by atoms with van der Waals surface area (Å²) in [6.07, 6.45) is -16.3. The molecule has 2 aliphatic heterocycles. The van der Waals surface area contributed by atoms with Gasteiger partial charge in [-0.2, -0.15) is 5.10 Å². The van der Waals surface area contributed by atoms with Gasteiger partial charge in [-0.05, 0) is 36.9 Å². The summed E-state index contributed by atoms with van der Waals surface area (Å²) in [6.45, 7) is -10.7. The van der Waals surface area contributed by atoms with Crippen molar-refractivity contribution < 1.29 is 30.9 Å². The van der Waals surface area contributed by atoms with Gasteiger partial charge >= 0.3 is 0 Å². The molecule has 2 aliphatic rings. The molecular formula is C16H19N5O. The number of nitrogens with zero attached hydrogens (tertiary/aromatic N) is 4. The Hall–Kier alpha value is -2.21. The maximum absolute atomic E-state index is 12.7. The molecule has 6 nitrogen and oxygen atoms in total. The lowest BCUT2D eigenvalue weighted by molar-refractivity contribution is -0.117. The standard InChI is InChI=1S/C16H19N5O/c22-16-2-1-9-20(16)15-4-3-13(10-18-15)21-11-12-5-7-17-8-6-14(12)19-21/h3-4,10-11,17H,1-2,5-9H2/i1D2,2D2,3D,4D,5D2,6D2,7D2,8D2,9D2,10D,11D/hD. The summed E-state index contributed by atoms with van der Waals surface area (Å²) in [6, 6.07) is -2.35. The Bertz CT molecular complexity index is 1480. The van der Waals surface area contributed by atoms with Gasteiger partial charge in [-0.15, -0.1) is 0 Å². The van der Waals surface area contributed by atoms with E-state index in [-0.39, 0.29) is 9.58 Å². The predicted octanol–water partition coefficient (Wildman–Crippen LogP) is 1.08. The van der Waals surface area contributed by atoms with Gasteiger partial charge in [0.25, 0.3) is 0 Å². The molecule has 0 saturated carbocycles. The van der Waals surface area contributed by atoms with E-state index in [0.717, 1.165) is 0 Å². The highest BCUT2D eigenvalue weighted by molar-refractivity contribution is 5.94. The predicted molar refractivity (Wildman–Crippen MR) is 83.2 cm³/mol. The number of anilines is 1. The van der Waals surface area contributed by atoms with Crippen LogP contribution in [0, 0.1) is 0 Å². The fraction of sp³-hybridized carbons (Fsp3) is 0.438. The lowest BCUT2D eigenvalue weighted by Gasteiger charge is -2.14. The van der Waals surface area contributed by atoms with Crippen molar-refractivity contribution in [3.63, 3.8) is 0 Å². The molecule has 2 aromatic heterocycles. The third kappa shape index (κ3) is 2.39. The average molecular weight is 316 g/mol. The minimum Gasteiger partial charge on any atom is -0.316 e. The molecule has 1 fully saturated rings. The maximum Gasteiger partial charge on any atom is 0.228 e. The number of carbonyl (C=O) groups excluding carboxylic acids is 1. The topological polar surface area (TPSA) is 63.1 Å². The lowest BCUT2D eigenvalue weighted by Crippen LogP contribution is -2.24. The van der Waals surface area contributed by atoms with Gasteiger partial charge in [0.2, 0.25) is 5.91 Å². The molecule has 2 aromatic rings. The second-order valence-corrected chi connectivity index (χ2v) is 3.98. The summed E-state index contributed by atoms with van der Waals surface area (Å²) < 4.78 is 154. The number of hydrogen-bond acceptors (Lipinski definition) is 4. The zero-order valence-electron chi connectivity index (χ0n) is 29.6. The number of aryl methyl sites for hydroxylation is 1. The molecule has 4 rings (SSSR count). The van der Waals surface area contributed by atoms with Crippen LogP contribution in [0.1, 0.15) is 48.7 Å². The van der Waals surface area contributed by atoms with Crippen LogP contribution >= 0.6 is 0 Å². The number of rotatable bonds is 2. The van der Waals surface area contributed by atoms with Crippen molar-refractivity contribution in [2.75, 3.05) is 24.4 Å². The molecule has 4 heterocycles. The minimum absolute atomic E-state index is 0.155. The molecule has 0 radical (unpaired) electrons. The minimum atomic E-state index is -3.60. The van der Waals surface area contributed by atoms with Gasteiger partial charge in [0.05, 0.1) is 23.0 Å². The highest BCUT2D eigenvalue weighted by atomic mass is 16.2. The Morgan fingerprint density at radius 3 is 3.09 bits per heavy atom. The van der Waals surface area contributed by atoms with Crippen LogP contribution in [0.25, 0.3) is 5.69 Å². The van der Waals surface area contributed by atoms with Gasteiger partial charge in [-0.25, -0.2) is 9.67 Å². The first kappa shape index (κ1) is 4.00. The highest BCUT2D eigenvalue weighted by Crippen LogP contribution is 2.21. The van der Waals surface area contributed by atoms with E-state index in [9.17, 15) is 4.79 Å². The van der Waals surface area contributed by atoms with Crippen molar-refractivity contribution in [2.24, 2.45) is 0 Å². The van der Waals surface area contributed by atoms with E-state index in [2.05, 4.69) is 10.1 Å². The number of nitrogens with one attached hydrogen (secondary N) is 1. The summed E-state index contributed by atoms with van der Waals surface area (Å²) in [5.74, 6) is -2.95. The quantitative estimate of drug-likeness (QED) is 0.900. The van der Waals surface area contributed by atoms with Crippen molar-refractivity contribution in [3.05, 3.63) is 35.7 Å². The monoisotopic (exact) mass is 316 g/mol. The zero-order chi connectivity index (χ0) is 31.8. The van der Waals surface area contributed by atoms with E-state index in [1.165, 1.54) is 0 Å². The molecule has 0 bridgehead atoms. The van der Waals surface area contributed by atoms with E-state index >= 15 is 0 Å². The van der Waals surface area contributed by atoms with Gasteiger partial charge in [-0.1, -0.05) is 0 Å². The summed E-state index contributed by atoms with van der Waals surface area (Å²) in [7, 11) is 0. The Morgan fingerprint density at radius 1 is 1.32 bits per heavy atom. The summed E-state index contributed by atoms with van der Waals surface area (Å²) in [5.41, 5.74) is -3.32. The van der Waals surface area contributed by atoms with Crippen LogP contribution in [0.15, 0.2) is 24.4 Å². The Kier molecular flexibility index (Phi) is 1.01. The molecule has 22 heavy (non-hydrogen) atoms.